The first kappa shape index (κ1) is 16.0. The van der Waals surface area contributed by atoms with Crippen LogP contribution in [0.15, 0.2) is 52.9 Å². The van der Waals surface area contributed by atoms with Crippen LogP contribution in [-0.4, -0.2) is 34.2 Å². The van der Waals surface area contributed by atoms with Crippen LogP contribution in [-0.2, 0) is 11.3 Å². The molecule has 3 amide bonds. The fourth-order valence-corrected chi connectivity index (χ4v) is 2.91. The molecule has 7 nitrogen and oxygen atoms in total. The summed E-state index contributed by atoms with van der Waals surface area (Å²) >= 11 is 0. The van der Waals surface area contributed by atoms with Gasteiger partial charge in [0, 0.05) is 13.0 Å². The Morgan fingerprint density at radius 2 is 1.65 bits per heavy atom. The quantitative estimate of drug-likeness (QED) is 0.712. The number of nitrogens with one attached hydrogen (secondary N) is 1. The number of oxazole rings is 1. The summed E-state index contributed by atoms with van der Waals surface area (Å²) in [4.78, 5) is 41.9. The minimum Gasteiger partial charge on any atom is -0.439 e. The van der Waals surface area contributed by atoms with Crippen LogP contribution in [0.5, 0.6) is 0 Å². The van der Waals surface area contributed by atoms with Crippen molar-refractivity contribution in [2.75, 3.05) is 6.54 Å². The van der Waals surface area contributed by atoms with Gasteiger partial charge >= 0.3 is 0 Å². The molecule has 0 atom stereocenters. The van der Waals surface area contributed by atoms with Crippen LogP contribution < -0.4 is 5.32 Å². The molecule has 2 heterocycles. The molecule has 0 unspecified atom stereocenters. The molecule has 0 radical (unpaired) electrons. The van der Waals surface area contributed by atoms with Gasteiger partial charge in [-0.05, 0) is 24.3 Å². The lowest BCUT2D eigenvalue weighted by Gasteiger charge is -2.13. The third kappa shape index (κ3) is 2.83. The zero-order valence-corrected chi connectivity index (χ0v) is 13.8. The van der Waals surface area contributed by atoms with E-state index in [9.17, 15) is 14.4 Å². The van der Waals surface area contributed by atoms with E-state index in [1.165, 1.54) is 0 Å². The third-order valence-electron chi connectivity index (χ3n) is 4.22. The van der Waals surface area contributed by atoms with Crippen LogP contribution in [0.4, 0.5) is 0 Å². The number of amides is 3. The fourth-order valence-electron chi connectivity index (χ4n) is 2.91. The normalized spacial score (nSPS) is 13.3. The Labute approximate surface area is 148 Å². The lowest BCUT2D eigenvalue weighted by Crippen LogP contribution is -2.34. The first-order chi connectivity index (χ1) is 12.6. The molecule has 0 bridgehead atoms. The van der Waals surface area contributed by atoms with Crippen LogP contribution >= 0.6 is 0 Å². The number of aromatic nitrogens is 1. The van der Waals surface area contributed by atoms with Gasteiger partial charge in [-0.25, -0.2) is 4.98 Å². The number of imide groups is 1. The summed E-state index contributed by atoms with van der Waals surface area (Å²) in [6.07, 6.45) is 0.0195. The van der Waals surface area contributed by atoms with Crippen molar-refractivity contribution in [1.82, 2.24) is 15.2 Å². The number of carbonyl (C=O) groups excluding carboxylic acids is 3. The van der Waals surface area contributed by atoms with E-state index in [4.69, 9.17) is 4.42 Å². The van der Waals surface area contributed by atoms with Crippen molar-refractivity contribution in [2.24, 2.45) is 0 Å². The number of hydrogen-bond donors (Lipinski definition) is 1. The predicted molar refractivity (Wildman–Crippen MR) is 92.3 cm³/mol. The monoisotopic (exact) mass is 349 g/mol. The minimum atomic E-state index is -0.364. The summed E-state index contributed by atoms with van der Waals surface area (Å²) in [6, 6.07) is 14.0. The van der Waals surface area contributed by atoms with E-state index in [1.807, 2.05) is 18.2 Å². The number of rotatable bonds is 5. The first-order valence-electron chi connectivity index (χ1n) is 8.20. The van der Waals surface area contributed by atoms with Crippen LogP contribution in [0.2, 0.25) is 0 Å². The second kappa shape index (κ2) is 6.44. The fraction of sp³-hybridized carbons (Fsp3) is 0.158. The van der Waals surface area contributed by atoms with E-state index in [0.717, 1.165) is 10.4 Å². The predicted octanol–water partition coefficient (Wildman–Crippen LogP) is 2.13. The van der Waals surface area contributed by atoms with E-state index in [-0.39, 0.29) is 37.2 Å². The maximum absolute atomic E-state index is 12.2. The van der Waals surface area contributed by atoms with Crippen LogP contribution in [0.1, 0.15) is 33.0 Å². The highest BCUT2D eigenvalue weighted by molar-refractivity contribution is 6.21. The molecule has 0 saturated carbocycles. The highest BCUT2D eigenvalue weighted by Gasteiger charge is 2.34. The summed E-state index contributed by atoms with van der Waals surface area (Å²) in [5, 5.41) is 2.69. The van der Waals surface area contributed by atoms with E-state index in [2.05, 4.69) is 10.3 Å². The van der Waals surface area contributed by atoms with Gasteiger partial charge < -0.3 is 9.73 Å². The molecule has 26 heavy (non-hydrogen) atoms. The van der Waals surface area contributed by atoms with Crippen molar-refractivity contribution < 1.29 is 18.8 Å². The number of para-hydroxylation sites is 2. The minimum absolute atomic E-state index is 0.0195. The molecular weight excluding hydrogens is 334 g/mol. The first-order valence-corrected chi connectivity index (χ1v) is 8.20. The van der Waals surface area contributed by atoms with Gasteiger partial charge in [0.25, 0.3) is 11.8 Å². The van der Waals surface area contributed by atoms with E-state index in [0.29, 0.717) is 22.6 Å². The van der Waals surface area contributed by atoms with Crippen molar-refractivity contribution in [1.29, 1.82) is 0 Å². The molecule has 1 aliphatic rings. The number of carbonyl (C=O) groups is 3. The van der Waals surface area contributed by atoms with Gasteiger partial charge in [-0.15, -0.1) is 0 Å². The Hall–Kier alpha value is -3.48. The average Bonchev–Trinajstić information content (AvgIpc) is 3.18. The van der Waals surface area contributed by atoms with Gasteiger partial charge in [-0.2, -0.15) is 0 Å². The second-order valence-electron chi connectivity index (χ2n) is 5.91. The molecule has 4 rings (SSSR count). The Morgan fingerprint density at radius 1 is 1.00 bits per heavy atom. The van der Waals surface area contributed by atoms with Crippen molar-refractivity contribution >= 4 is 28.8 Å². The molecule has 1 aliphatic heterocycles. The summed E-state index contributed by atoms with van der Waals surface area (Å²) in [5.74, 6) is -0.612. The Morgan fingerprint density at radius 3 is 2.35 bits per heavy atom. The topological polar surface area (TPSA) is 92.5 Å². The number of hydrogen-bond acceptors (Lipinski definition) is 5. The molecular formula is C19H15N3O4. The molecule has 0 saturated heterocycles. The molecule has 2 aromatic carbocycles. The van der Waals surface area contributed by atoms with Gasteiger partial charge in [0.1, 0.15) is 5.52 Å². The number of benzene rings is 2. The van der Waals surface area contributed by atoms with E-state index < -0.39 is 0 Å². The maximum Gasteiger partial charge on any atom is 0.261 e. The van der Waals surface area contributed by atoms with Gasteiger partial charge in [-0.3, -0.25) is 19.3 Å². The summed E-state index contributed by atoms with van der Waals surface area (Å²) in [5.41, 5.74) is 2.14. The van der Waals surface area contributed by atoms with Crippen molar-refractivity contribution in [3.8, 4) is 0 Å². The zero-order valence-electron chi connectivity index (χ0n) is 13.8. The Kier molecular flexibility index (Phi) is 3.96. The highest BCUT2D eigenvalue weighted by atomic mass is 16.3. The van der Waals surface area contributed by atoms with Crippen molar-refractivity contribution in [3.63, 3.8) is 0 Å². The van der Waals surface area contributed by atoms with Crippen molar-refractivity contribution in [2.45, 2.75) is 13.0 Å². The van der Waals surface area contributed by atoms with Crippen LogP contribution in [0, 0.1) is 0 Å². The number of fused-ring (bicyclic) bond motifs is 2. The molecule has 0 aliphatic carbocycles. The molecule has 1 N–H and O–H groups in total. The number of nitrogens with zero attached hydrogens (tertiary/aromatic N) is 2. The van der Waals surface area contributed by atoms with Gasteiger partial charge in [0.15, 0.2) is 5.58 Å². The van der Waals surface area contributed by atoms with E-state index in [1.54, 1.807) is 30.3 Å². The molecule has 3 aromatic rings. The molecule has 0 spiro atoms. The lowest BCUT2D eigenvalue weighted by molar-refractivity contribution is -0.121. The molecule has 7 heteroatoms. The van der Waals surface area contributed by atoms with E-state index >= 15 is 0 Å². The SMILES string of the molecule is O=C(CCN1C(=O)c2ccccc2C1=O)NCc1nc2ccccc2o1. The maximum atomic E-state index is 12.2. The lowest BCUT2D eigenvalue weighted by atomic mass is 10.1. The zero-order chi connectivity index (χ0) is 18.1. The second-order valence-corrected chi connectivity index (χ2v) is 5.91. The Bertz CT molecular complexity index is 956. The third-order valence-corrected chi connectivity index (χ3v) is 4.22. The van der Waals surface area contributed by atoms with Gasteiger partial charge in [-0.1, -0.05) is 24.3 Å². The molecule has 130 valence electrons. The molecule has 1 aromatic heterocycles. The summed E-state index contributed by atoms with van der Waals surface area (Å²) in [6.45, 7) is 0.182. The van der Waals surface area contributed by atoms with Gasteiger partial charge in [0.2, 0.25) is 11.8 Å². The van der Waals surface area contributed by atoms with Crippen molar-refractivity contribution in [3.05, 3.63) is 65.5 Å². The highest BCUT2D eigenvalue weighted by Crippen LogP contribution is 2.22. The average molecular weight is 349 g/mol. The largest absolute Gasteiger partial charge is 0.439 e. The standard InChI is InChI=1S/C19H15N3O4/c23-16(20-11-17-21-14-7-3-4-8-15(14)26-17)9-10-22-18(24)12-5-1-2-6-13(12)19(22)25/h1-8H,9-11H2,(H,20,23). The van der Waals surface area contributed by atoms with Crippen LogP contribution in [0.25, 0.3) is 11.1 Å². The van der Waals surface area contributed by atoms with Crippen LogP contribution in [0.3, 0.4) is 0 Å². The smallest absolute Gasteiger partial charge is 0.261 e. The molecule has 0 fully saturated rings. The summed E-state index contributed by atoms with van der Waals surface area (Å²) < 4.78 is 5.53. The summed E-state index contributed by atoms with van der Waals surface area (Å²) in [7, 11) is 0. The Balaban J connectivity index is 1.33. The van der Waals surface area contributed by atoms with Gasteiger partial charge in [0.05, 0.1) is 17.7 Å².